The Morgan fingerprint density at radius 3 is 2.33 bits per heavy atom. The van der Waals surface area contributed by atoms with Crippen LogP contribution >= 0.6 is 0 Å². The van der Waals surface area contributed by atoms with Gasteiger partial charge in [-0.3, -0.25) is 4.98 Å². The van der Waals surface area contributed by atoms with Gasteiger partial charge in [-0.15, -0.1) is 0 Å². The number of hydrogen-bond donors (Lipinski definition) is 0. The Kier molecular flexibility index (Phi) is 6.02. The van der Waals surface area contributed by atoms with Crippen LogP contribution in [0.25, 0.3) is 0 Å². The second-order valence-corrected chi connectivity index (χ2v) is 3.91. The van der Waals surface area contributed by atoms with Crippen LogP contribution in [0, 0.1) is 0 Å². The summed E-state index contributed by atoms with van der Waals surface area (Å²) in [7, 11) is 0. The molecule has 1 rings (SSSR count). The van der Waals surface area contributed by atoms with Crippen LogP contribution in [0.5, 0.6) is 0 Å². The largest absolute Gasteiger partial charge is 0.303 e. The highest BCUT2D eigenvalue weighted by molar-refractivity contribution is 5.03. The molecule has 0 aliphatic heterocycles. The van der Waals surface area contributed by atoms with Gasteiger partial charge in [0.05, 0.1) is 0 Å². The summed E-state index contributed by atoms with van der Waals surface area (Å²) in [5, 5.41) is 0. The quantitative estimate of drug-likeness (QED) is 0.682. The molecule has 0 saturated heterocycles. The van der Waals surface area contributed by atoms with Crippen LogP contribution in [0.1, 0.15) is 32.4 Å². The molecule has 0 bridgehead atoms. The summed E-state index contributed by atoms with van der Waals surface area (Å²) in [6.07, 6.45) is 5.42. The second-order valence-electron chi connectivity index (χ2n) is 3.91. The molecule has 0 radical (unpaired) electrons. The molecule has 1 aromatic heterocycles. The van der Waals surface area contributed by atoms with Gasteiger partial charge < -0.3 is 4.90 Å². The van der Waals surface area contributed by atoms with Crippen molar-refractivity contribution in [3.8, 4) is 0 Å². The molecule has 1 aromatic rings. The van der Waals surface area contributed by atoms with Gasteiger partial charge in [0, 0.05) is 24.9 Å². The third-order valence-corrected chi connectivity index (χ3v) is 2.49. The maximum atomic E-state index is 4.34. The zero-order chi connectivity index (χ0) is 10.9. The summed E-state index contributed by atoms with van der Waals surface area (Å²) in [5.74, 6) is 0. The molecule has 0 N–H and O–H groups in total. The highest BCUT2D eigenvalue weighted by Crippen LogP contribution is 1.99. The summed E-state index contributed by atoms with van der Waals surface area (Å²) in [5.41, 5.74) is 1.20. The van der Waals surface area contributed by atoms with Gasteiger partial charge in [-0.2, -0.15) is 0 Å². The highest BCUT2D eigenvalue weighted by Gasteiger charge is 2.02. The molecule has 15 heavy (non-hydrogen) atoms. The zero-order valence-corrected chi connectivity index (χ0v) is 9.95. The molecule has 1 heterocycles. The normalized spacial score (nSPS) is 10.9. The topological polar surface area (TPSA) is 16.1 Å². The van der Waals surface area contributed by atoms with E-state index < -0.39 is 0 Å². The van der Waals surface area contributed by atoms with Crippen molar-refractivity contribution >= 4 is 0 Å². The number of aromatic nitrogens is 1. The smallest absolute Gasteiger partial charge is 0.0416 e. The van der Waals surface area contributed by atoms with Crippen LogP contribution < -0.4 is 0 Å². The van der Waals surface area contributed by atoms with Crippen LogP contribution in [-0.4, -0.2) is 29.5 Å². The molecule has 0 aromatic carbocycles. The van der Waals surface area contributed by atoms with Gasteiger partial charge in [-0.1, -0.05) is 19.9 Å². The zero-order valence-electron chi connectivity index (χ0n) is 9.95. The summed E-state index contributed by atoms with van der Waals surface area (Å²) < 4.78 is 0. The van der Waals surface area contributed by atoms with Gasteiger partial charge in [0.1, 0.15) is 0 Å². The lowest BCUT2D eigenvalue weighted by Crippen LogP contribution is -2.27. The molecule has 0 spiro atoms. The molecule has 0 atom stereocenters. The van der Waals surface area contributed by atoms with E-state index in [0.29, 0.717) is 0 Å². The minimum absolute atomic E-state index is 1.07. The molecule has 0 fully saturated rings. The Labute approximate surface area is 93.3 Å². The van der Waals surface area contributed by atoms with E-state index >= 15 is 0 Å². The summed E-state index contributed by atoms with van der Waals surface area (Å²) in [4.78, 5) is 6.87. The van der Waals surface area contributed by atoms with Gasteiger partial charge in [0.2, 0.25) is 0 Å². The molecular formula is C13H22N2. The van der Waals surface area contributed by atoms with Crippen molar-refractivity contribution in [2.45, 2.75) is 33.1 Å². The first-order valence-corrected chi connectivity index (χ1v) is 5.99. The van der Waals surface area contributed by atoms with Crippen molar-refractivity contribution in [1.82, 2.24) is 9.88 Å². The fourth-order valence-electron chi connectivity index (χ4n) is 1.79. The Hall–Kier alpha value is -0.890. The highest BCUT2D eigenvalue weighted by atomic mass is 15.1. The Morgan fingerprint density at radius 1 is 1.07 bits per heavy atom. The molecule has 0 amide bonds. The molecule has 0 unspecified atom stereocenters. The van der Waals surface area contributed by atoms with Gasteiger partial charge in [0.25, 0.3) is 0 Å². The number of nitrogens with zero attached hydrogens (tertiary/aromatic N) is 2. The molecule has 84 valence electrons. The number of pyridine rings is 1. The Morgan fingerprint density at radius 2 is 1.80 bits per heavy atom. The van der Waals surface area contributed by atoms with Crippen molar-refractivity contribution in [3.05, 3.63) is 30.1 Å². The molecule has 2 heteroatoms. The summed E-state index contributed by atoms with van der Waals surface area (Å²) in [6.45, 7) is 8.03. The predicted molar refractivity (Wildman–Crippen MR) is 65.0 cm³/mol. The van der Waals surface area contributed by atoms with Crippen LogP contribution in [0.4, 0.5) is 0 Å². The van der Waals surface area contributed by atoms with E-state index in [4.69, 9.17) is 0 Å². The average Bonchev–Trinajstić information content (AvgIpc) is 2.28. The van der Waals surface area contributed by atoms with E-state index in [2.05, 4.69) is 35.9 Å². The van der Waals surface area contributed by atoms with E-state index in [9.17, 15) is 0 Å². The van der Waals surface area contributed by atoms with Crippen molar-refractivity contribution in [1.29, 1.82) is 0 Å². The lowest BCUT2D eigenvalue weighted by atomic mass is 10.2. The maximum Gasteiger partial charge on any atom is 0.0416 e. The fourth-order valence-corrected chi connectivity index (χ4v) is 1.79. The SMILES string of the molecule is CCCN(CCC)CCc1ccccn1. The van der Waals surface area contributed by atoms with E-state index in [0.717, 1.165) is 13.0 Å². The molecule has 0 aliphatic rings. The van der Waals surface area contributed by atoms with E-state index in [1.807, 2.05) is 12.3 Å². The van der Waals surface area contributed by atoms with E-state index in [1.54, 1.807) is 0 Å². The molecular weight excluding hydrogens is 184 g/mol. The number of rotatable bonds is 7. The standard InChI is InChI=1S/C13H22N2/c1-3-10-15(11-4-2)12-8-13-7-5-6-9-14-13/h5-7,9H,3-4,8,10-12H2,1-2H3. The van der Waals surface area contributed by atoms with Gasteiger partial charge in [-0.25, -0.2) is 0 Å². The van der Waals surface area contributed by atoms with Crippen molar-refractivity contribution < 1.29 is 0 Å². The van der Waals surface area contributed by atoms with Crippen molar-refractivity contribution in [2.75, 3.05) is 19.6 Å². The molecule has 0 aliphatic carbocycles. The van der Waals surface area contributed by atoms with E-state index in [1.165, 1.54) is 31.6 Å². The van der Waals surface area contributed by atoms with Crippen LogP contribution in [0.15, 0.2) is 24.4 Å². The minimum Gasteiger partial charge on any atom is -0.303 e. The minimum atomic E-state index is 1.07. The van der Waals surface area contributed by atoms with Gasteiger partial charge in [0.15, 0.2) is 0 Å². The van der Waals surface area contributed by atoms with Crippen LogP contribution in [-0.2, 0) is 6.42 Å². The fraction of sp³-hybridized carbons (Fsp3) is 0.615. The molecule has 2 nitrogen and oxygen atoms in total. The number of hydrogen-bond acceptors (Lipinski definition) is 2. The third-order valence-electron chi connectivity index (χ3n) is 2.49. The van der Waals surface area contributed by atoms with Crippen LogP contribution in [0.3, 0.4) is 0 Å². The van der Waals surface area contributed by atoms with Crippen LogP contribution in [0.2, 0.25) is 0 Å². The first-order valence-electron chi connectivity index (χ1n) is 5.99. The predicted octanol–water partition coefficient (Wildman–Crippen LogP) is 2.75. The Balaban J connectivity index is 2.33. The third kappa shape index (κ3) is 4.93. The van der Waals surface area contributed by atoms with E-state index in [-0.39, 0.29) is 0 Å². The average molecular weight is 206 g/mol. The summed E-state index contributed by atoms with van der Waals surface area (Å²) in [6, 6.07) is 6.14. The van der Waals surface area contributed by atoms with Gasteiger partial charge in [-0.05, 0) is 38.1 Å². The lowest BCUT2D eigenvalue weighted by Gasteiger charge is -2.20. The Bertz CT molecular complexity index is 240. The van der Waals surface area contributed by atoms with Crippen molar-refractivity contribution in [3.63, 3.8) is 0 Å². The summed E-state index contributed by atoms with van der Waals surface area (Å²) >= 11 is 0. The second kappa shape index (κ2) is 7.41. The first-order chi connectivity index (χ1) is 7.36. The monoisotopic (exact) mass is 206 g/mol. The molecule has 0 saturated carbocycles. The lowest BCUT2D eigenvalue weighted by molar-refractivity contribution is 0.277. The van der Waals surface area contributed by atoms with Crippen molar-refractivity contribution in [2.24, 2.45) is 0 Å². The first kappa shape index (κ1) is 12.2. The van der Waals surface area contributed by atoms with Gasteiger partial charge >= 0.3 is 0 Å². The maximum absolute atomic E-state index is 4.34.